The molecule has 0 spiro atoms. The highest BCUT2D eigenvalue weighted by Gasteiger charge is 2.01. The quantitative estimate of drug-likeness (QED) is 0.776. The zero-order valence-corrected chi connectivity index (χ0v) is 9.83. The van der Waals surface area contributed by atoms with E-state index in [2.05, 4.69) is 43.4 Å². The van der Waals surface area contributed by atoms with Crippen LogP contribution in [0.4, 0.5) is 0 Å². The highest BCUT2D eigenvalue weighted by molar-refractivity contribution is 5.24. The Morgan fingerprint density at radius 3 is 2.20 bits per heavy atom. The van der Waals surface area contributed by atoms with Crippen molar-refractivity contribution in [1.29, 1.82) is 0 Å². The summed E-state index contributed by atoms with van der Waals surface area (Å²) in [6.07, 6.45) is 0. The van der Waals surface area contributed by atoms with Crippen molar-refractivity contribution >= 4 is 0 Å². The first-order valence-electron chi connectivity index (χ1n) is 5.56. The Morgan fingerprint density at radius 2 is 1.73 bits per heavy atom. The Morgan fingerprint density at radius 1 is 1.13 bits per heavy atom. The van der Waals surface area contributed by atoms with Crippen molar-refractivity contribution in [2.45, 2.75) is 39.3 Å². The van der Waals surface area contributed by atoms with Gasteiger partial charge in [0.25, 0.3) is 0 Å². The van der Waals surface area contributed by atoms with E-state index in [-0.39, 0.29) is 12.6 Å². The molecule has 0 radical (unpaired) electrons. The second-order valence-corrected chi connectivity index (χ2v) is 4.36. The van der Waals surface area contributed by atoms with Gasteiger partial charge < -0.3 is 10.4 Å². The van der Waals surface area contributed by atoms with Gasteiger partial charge in [-0.05, 0) is 24.0 Å². The number of nitrogens with one attached hydrogen (secondary N) is 1. The van der Waals surface area contributed by atoms with Gasteiger partial charge in [-0.1, -0.05) is 38.1 Å². The van der Waals surface area contributed by atoms with Crippen LogP contribution in [-0.2, 0) is 6.54 Å². The Bertz CT molecular complexity index is 279. The van der Waals surface area contributed by atoms with E-state index in [1.54, 1.807) is 0 Å². The molecule has 0 aliphatic carbocycles. The largest absolute Gasteiger partial charge is 0.395 e. The fraction of sp³-hybridized carbons (Fsp3) is 0.538. The number of hydrogen-bond donors (Lipinski definition) is 2. The Labute approximate surface area is 92.3 Å². The molecule has 0 saturated carbocycles. The summed E-state index contributed by atoms with van der Waals surface area (Å²) in [6.45, 7) is 7.37. The second kappa shape index (κ2) is 5.89. The average Bonchev–Trinajstić information content (AvgIpc) is 2.26. The smallest absolute Gasteiger partial charge is 0.0582 e. The van der Waals surface area contributed by atoms with Crippen LogP contribution in [0.15, 0.2) is 24.3 Å². The molecule has 0 aliphatic rings. The topological polar surface area (TPSA) is 32.3 Å². The van der Waals surface area contributed by atoms with Crippen LogP contribution in [0, 0.1) is 0 Å². The predicted octanol–water partition coefficient (Wildman–Crippen LogP) is 2.28. The van der Waals surface area contributed by atoms with Crippen molar-refractivity contribution in [2.24, 2.45) is 0 Å². The molecule has 0 amide bonds. The third-order valence-electron chi connectivity index (χ3n) is 2.57. The summed E-state index contributed by atoms with van der Waals surface area (Å²) in [6, 6.07) is 8.80. The maximum atomic E-state index is 8.87. The second-order valence-electron chi connectivity index (χ2n) is 4.36. The highest BCUT2D eigenvalue weighted by atomic mass is 16.3. The molecule has 2 heteroatoms. The molecule has 84 valence electrons. The number of aliphatic hydroxyl groups excluding tert-OH is 1. The molecule has 1 rings (SSSR count). The van der Waals surface area contributed by atoms with Gasteiger partial charge in [-0.3, -0.25) is 0 Å². The minimum Gasteiger partial charge on any atom is -0.395 e. The van der Waals surface area contributed by atoms with E-state index in [9.17, 15) is 0 Å². The van der Waals surface area contributed by atoms with E-state index in [1.807, 2.05) is 6.92 Å². The standard InChI is InChI=1S/C13H21NO/c1-10(2)13-6-4-12(5-7-13)8-14-11(3)9-15/h4-7,10-11,14-15H,8-9H2,1-3H3/t11-/m0/s1. The van der Waals surface area contributed by atoms with Gasteiger partial charge in [-0.25, -0.2) is 0 Å². The lowest BCUT2D eigenvalue weighted by atomic mass is 10.0. The predicted molar refractivity (Wildman–Crippen MR) is 63.9 cm³/mol. The van der Waals surface area contributed by atoms with E-state index in [1.165, 1.54) is 11.1 Å². The van der Waals surface area contributed by atoms with Gasteiger partial charge in [-0.2, -0.15) is 0 Å². The van der Waals surface area contributed by atoms with Gasteiger partial charge >= 0.3 is 0 Å². The Balaban J connectivity index is 2.50. The SMILES string of the molecule is CC(C)c1ccc(CN[C@@H](C)CO)cc1. The van der Waals surface area contributed by atoms with Crippen LogP contribution in [0.5, 0.6) is 0 Å². The van der Waals surface area contributed by atoms with Crippen LogP contribution in [0.1, 0.15) is 37.8 Å². The molecule has 2 N–H and O–H groups in total. The van der Waals surface area contributed by atoms with Crippen LogP contribution >= 0.6 is 0 Å². The van der Waals surface area contributed by atoms with E-state index < -0.39 is 0 Å². The lowest BCUT2D eigenvalue weighted by Crippen LogP contribution is -2.28. The molecule has 2 nitrogen and oxygen atoms in total. The van der Waals surface area contributed by atoms with Crippen molar-refractivity contribution in [2.75, 3.05) is 6.61 Å². The van der Waals surface area contributed by atoms with Crippen LogP contribution in [0.3, 0.4) is 0 Å². The lowest BCUT2D eigenvalue weighted by Gasteiger charge is -2.11. The first kappa shape index (κ1) is 12.2. The van der Waals surface area contributed by atoms with Gasteiger partial charge in [0.15, 0.2) is 0 Å². The van der Waals surface area contributed by atoms with Crippen LogP contribution in [0.25, 0.3) is 0 Å². The average molecular weight is 207 g/mol. The van der Waals surface area contributed by atoms with E-state index in [0.717, 1.165) is 6.54 Å². The Kier molecular flexibility index (Phi) is 4.79. The highest BCUT2D eigenvalue weighted by Crippen LogP contribution is 2.14. The monoisotopic (exact) mass is 207 g/mol. The third-order valence-corrected chi connectivity index (χ3v) is 2.57. The van der Waals surface area contributed by atoms with Crippen LogP contribution < -0.4 is 5.32 Å². The molecule has 15 heavy (non-hydrogen) atoms. The van der Waals surface area contributed by atoms with Gasteiger partial charge in [0.05, 0.1) is 6.61 Å². The molecular formula is C13H21NO. The number of aliphatic hydroxyl groups is 1. The first-order valence-corrected chi connectivity index (χ1v) is 5.56. The number of benzene rings is 1. The normalized spacial score (nSPS) is 13.1. The van der Waals surface area contributed by atoms with Gasteiger partial charge in [0.2, 0.25) is 0 Å². The van der Waals surface area contributed by atoms with Crippen molar-refractivity contribution in [3.8, 4) is 0 Å². The maximum absolute atomic E-state index is 8.87. The molecule has 0 saturated heterocycles. The molecule has 1 aromatic carbocycles. The van der Waals surface area contributed by atoms with E-state index in [4.69, 9.17) is 5.11 Å². The maximum Gasteiger partial charge on any atom is 0.0582 e. The zero-order chi connectivity index (χ0) is 11.3. The fourth-order valence-electron chi connectivity index (χ4n) is 1.38. The molecular weight excluding hydrogens is 186 g/mol. The first-order chi connectivity index (χ1) is 7.13. The summed E-state index contributed by atoms with van der Waals surface area (Å²) in [7, 11) is 0. The molecule has 0 aromatic heterocycles. The van der Waals surface area contributed by atoms with E-state index in [0.29, 0.717) is 5.92 Å². The molecule has 1 atom stereocenters. The molecule has 0 fully saturated rings. The van der Waals surface area contributed by atoms with Crippen molar-refractivity contribution in [3.63, 3.8) is 0 Å². The minimum atomic E-state index is 0.162. The summed E-state index contributed by atoms with van der Waals surface area (Å²) in [5.74, 6) is 0.586. The minimum absolute atomic E-state index is 0.162. The molecule has 1 aromatic rings. The Hall–Kier alpha value is -0.860. The molecule has 0 heterocycles. The van der Waals surface area contributed by atoms with Crippen molar-refractivity contribution < 1.29 is 5.11 Å². The van der Waals surface area contributed by atoms with Gasteiger partial charge in [0.1, 0.15) is 0 Å². The molecule has 0 unspecified atom stereocenters. The zero-order valence-electron chi connectivity index (χ0n) is 9.83. The van der Waals surface area contributed by atoms with Gasteiger partial charge in [-0.15, -0.1) is 0 Å². The van der Waals surface area contributed by atoms with Crippen molar-refractivity contribution in [3.05, 3.63) is 35.4 Å². The fourth-order valence-corrected chi connectivity index (χ4v) is 1.38. The van der Waals surface area contributed by atoms with Crippen molar-refractivity contribution in [1.82, 2.24) is 5.32 Å². The lowest BCUT2D eigenvalue weighted by molar-refractivity contribution is 0.251. The summed E-state index contributed by atoms with van der Waals surface area (Å²) >= 11 is 0. The number of rotatable bonds is 5. The van der Waals surface area contributed by atoms with Crippen LogP contribution in [0.2, 0.25) is 0 Å². The molecule has 0 bridgehead atoms. The summed E-state index contributed by atoms with van der Waals surface area (Å²) < 4.78 is 0. The third kappa shape index (κ3) is 4.02. The summed E-state index contributed by atoms with van der Waals surface area (Å²) in [5, 5.41) is 12.1. The summed E-state index contributed by atoms with van der Waals surface area (Å²) in [4.78, 5) is 0. The van der Waals surface area contributed by atoms with Crippen LogP contribution in [-0.4, -0.2) is 17.8 Å². The van der Waals surface area contributed by atoms with Gasteiger partial charge in [0, 0.05) is 12.6 Å². The molecule has 0 aliphatic heterocycles. The number of hydrogen-bond acceptors (Lipinski definition) is 2. The van der Waals surface area contributed by atoms with E-state index >= 15 is 0 Å². The summed E-state index contributed by atoms with van der Waals surface area (Å²) in [5.41, 5.74) is 2.63.